The second-order valence-electron chi connectivity index (χ2n) is 9.45. The molecule has 3 aromatic heterocycles. The minimum Gasteiger partial charge on any atom is -0.467 e. The number of thiophene rings is 1. The largest absolute Gasteiger partial charge is 0.467 e. The van der Waals surface area contributed by atoms with Gasteiger partial charge in [0, 0.05) is 17.2 Å². The lowest BCUT2D eigenvalue weighted by Crippen LogP contribution is -2.42. The summed E-state index contributed by atoms with van der Waals surface area (Å²) in [6.07, 6.45) is 1.52. The molecule has 1 N–H and O–H groups in total. The van der Waals surface area contributed by atoms with Crippen LogP contribution in [0.15, 0.2) is 82.8 Å². The predicted molar refractivity (Wildman–Crippen MR) is 155 cm³/mol. The highest BCUT2D eigenvalue weighted by Gasteiger charge is 2.39. The van der Waals surface area contributed by atoms with Crippen molar-refractivity contribution in [3.05, 3.63) is 112 Å². The second-order valence-corrected chi connectivity index (χ2v) is 11.5. The number of carbonyl (C=O) groups is 2. The van der Waals surface area contributed by atoms with Crippen LogP contribution in [0.4, 0.5) is 14.6 Å². The van der Waals surface area contributed by atoms with E-state index in [1.54, 1.807) is 16.8 Å². The quantitative estimate of drug-likeness (QED) is 0.242. The minimum atomic E-state index is -0.716. The summed E-state index contributed by atoms with van der Waals surface area (Å²) in [6, 6.07) is 18.3. The molecule has 0 aliphatic carbocycles. The first-order chi connectivity index (χ1) is 19.9. The summed E-state index contributed by atoms with van der Waals surface area (Å²) >= 11 is 2.69. The van der Waals surface area contributed by atoms with Gasteiger partial charge in [-0.15, -0.1) is 23.1 Å². The zero-order valence-corrected chi connectivity index (χ0v) is 23.5. The molecule has 0 spiro atoms. The Hall–Kier alpha value is -4.22. The number of hydrogen-bond acceptors (Lipinski definition) is 6. The van der Waals surface area contributed by atoms with Gasteiger partial charge in [-0.1, -0.05) is 30.3 Å². The first kappa shape index (κ1) is 27.0. The van der Waals surface area contributed by atoms with E-state index in [1.165, 1.54) is 46.4 Å². The number of thioether (sulfide) groups is 1. The molecular weight excluding hydrogens is 566 g/mol. The fourth-order valence-corrected chi connectivity index (χ4v) is 6.78. The Labute approximate surface area is 242 Å². The topological polar surface area (TPSA) is 80.4 Å². The summed E-state index contributed by atoms with van der Waals surface area (Å²) in [5.41, 5.74) is 2.99. The number of fused-ring (bicyclic) bond motifs is 1. The molecular formula is C30H24F2N4O3S2. The highest BCUT2D eigenvalue weighted by molar-refractivity contribution is 8.00. The van der Waals surface area contributed by atoms with Gasteiger partial charge in [0.2, 0.25) is 11.8 Å². The summed E-state index contributed by atoms with van der Waals surface area (Å²) in [5, 5.41) is 9.01. The number of halogens is 2. The van der Waals surface area contributed by atoms with Crippen molar-refractivity contribution >= 4 is 40.7 Å². The third-order valence-corrected chi connectivity index (χ3v) is 8.89. The highest BCUT2D eigenvalue weighted by Crippen LogP contribution is 2.49. The Kier molecular flexibility index (Phi) is 7.46. The number of amides is 2. The van der Waals surface area contributed by atoms with Gasteiger partial charge in [0.05, 0.1) is 34.4 Å². The number of carbonyl (C=O) groups excluding carboxylic acids is 2. The molecule has 0 fully saturated rings. The molecule has 0 bridgehead atoms. The van der Waals surface area contributed by atoms with Gasteiger partial charge in [-0.05, 0) is 48.2 Å². The normalized spacial score (nSPS) is 15.0. The van der Waals surface area contributed by atoms with E-state index in [0.717, 1.165) is 16.5 Å². The number of nitrogens with one attached hydrogen (secondary N) is 1. The number of aryl methyl sites for hydroxylation is 1. The van der Waals surface area contributed by atoms with Crippen LogP contribution < -0.4 is 10.2 Å². The highest BCUT2D eigenvalue weighted by atomic mass is 32.2. The monoisotopic (exact) mass is 590 g/mol. The molecule has 2 amide bonds. The first-order valence-corrected chi connectivity index (χ1v) is 14.7. The Balaban J connectivity index is 1.55. The molecule has 5 aromatic rings. The van der Waals surface area contributed by atoms with Crippen LogP contribution >= 0.6 is 23.1 Å². The molecule has 11 heteroatoms. The number of furan rings is 1. The number of aromatic nitrogens is 2. The Morgan fingerprint density at radius 2 is 1.98 bits per heavy atom. The first-order valence-electron chi connectivity index (χ1n) is 12.8. The summed E-state index contributed by atoms with van der Waals surface area (Å²) in [6.45, 7) is 1.81. The van der Waals surface area contributed by atoms with Crippen molar-refractivity contribution in [3.63, 3.8) is 0 Å². The fraction of sp³-hybridized carbons (Fsp3) is 0.167. The molecule has 41 heavy (non-hydrogen) atoms. The van der Waals surface area contributed by atoms with Crippen molar-refractivity contribution in [3.8, 4) is 16.3 Å². The fourth-order valence-electron chi connectivity index (χ4n) is 4.84. The third kappa shape index (κ3) is 5.30. The molecule has 0 radical (unpaired) electrons. The van der Waals surface area contributed by atoms with E-state index in [-0.39, 0.29) is 30.3 Å². The number of rotatable bonds is 7. The van der Waals surface area contributed by atoms with Gasteiger partial charge in [-0.2, -0.15) is 5.10 Å². The van der Waals surface area contributed by atoms with Crippen molar-refractivity contribution in [2.45, 2.75) is 18.7 Å². The van der Waals surface area contributed by atoms with E-state index in [1.807, 2.05) is 48.7 Å². The van der Waals surface area contributed by atoms with Crippen LogP contribution in [0.1, 0.15) is 27.7 Å². The average molecular weight is 591 g/mol. The van der Waals surface area contributed by atoms with Gasteiger partial charge in [0.25, 0.3) is 0 Å². The Morgan fingerprint density at radius 3 is 2.71 bits per heavy atom. The lowest BCUT2D eigenvalue weighted by Gasteiger charge is -2.23. The maximum atomic E-state index is 15.3. The van der Waals surface area contributed by atoms with Crippen LogP contribution in [0.25, 0.3) is 16.3 Å². The smallest absolute Gasteiger partial charge is 0.240 e. The Bertz CT molecular complexity index is 1720. The van der Waals surface area contributed by atoms with Crippen molar-refractivity contribution in [2.75, 3.05) is 17.2 Å². The van der Waals surface area contributed by atoms with E-state index in [2.05, 4.69) is 5.32 Å². The molecule has 1 atom stereocenters. The van der Waals surface area contributed by atoms with Gasteiger partial charge < -0.3 is 9.73 Å². The summed E-state index contributed by atoms with van der Waals surface area (Å²) in [7, 11) is 0. The predicted octanol–water partition coefficient (Wildman–Crippen LogP) is 6.27. The lowest BCUT2D eigenvalue weighted by atomic mass is 10.0. The number of para-hydroxylation sites is 1. The zero-order valence-electron chi connectivity index (χ0n) is 21.8. The molecule has 0 saturated carbocycles. The molecule has 208 valence electrons. The number of nitrogens with zero attached hydrogens (tertiary/aromatic N) is 3. The Morgan fingerprint density at radius 1 is 1.12 bits per heavy atom. The van der Waals surface area contributed by atoms with Crippen LogP contribution in [0.5, 0.6) is 0 Å². The standard InChI is InChI=1S/C30H24F2N4O3S2/c1-18-6-2-3-8-23(18)36-30-27(28(34-36)24-9-5-13-40-24)29(21-11-10-19(31)14-22(21)32)41-17-26(38)35(30)16-25(37)33-15-20-7-4-12-39-20/h2-14,29H,15-17H2,1H3,(H,33,37)/t29-/m1/s1. The summed E-state index contributed by atoms with van der Waals surface area (Å²) in [5.74, 6) is -1.21. The van der Waals surface area contributed by atoms with Crippen LogP contribution in [-0.2, 0) is 16.1 Å². The van der Waals surface area contributed by atoms with Crippen molar-refractivity contribution in [2.24, 2.45) is 0 Å². The van der Waals surface area contributed by atoms with Crippen molar-refractivity contribution in [1.82, 2.24) is 15.1 Å². The molecule has 2 aromatic carbocycles. The average Bonchev–Trinajstić information content (AvgIpc) is 3.72. The summed E-state index contributed by atoms with van der Waals surface area (Å²) < 4.78 is 36.2. The molecule has 7 nitrogen and oxygen atoms in total. The minimum absolute atomic E-state index is 0.0285. The van der Waals surface area contributed by atoms with Crippen LogP contribution in [0.3, 0.4) is 0 Å². The SMILES string of the molecule is Cc1ccccc1-n1nc(-c2cccs2)c2c1N(CC(=O)NCc1ccco1)C(=O)CS[C@@H]2c1ccc(F)cc1F. The molecule has 0 saturated heterocycles. The van der Waals surface area contributed by atoms with Gasteiger partial charge in [0.15, 0.2) is 0 Å². The van der Waals surface area contributed by atoms with Crippen LogP contribution in [0.2, 0.25) is 0 Å². The van der Waals surface area contributed by atoms with Gasteiger partial charge in [-0.25, -0.2) is 13.5 Å². The van der Waals surface area contributed by atoms with Crippen molar-refractivity contribution in [1.29, 1.82) is 0 Å². The van der Waals surface area contributed by atoms with Gasteiger partial charge in [0.1, 0.15) is 35.5 Å². The van der Waals surface area contributed by atoms with E-state index in [9.17, 15) is 14.0 Å². The third-order valence-electron chi connectivity index (χ3n) is 6.77. The van der Waals surface area contributed by atoms with E-state index < -0.39 is 22.8 Å². The second kappa shape index (κ2) is 11.3. The molecule has 1 aliphatic heterocycles. The van der Waals surface area contributed by atoms with E-state index in [4.69, 9.17) is 9.52 Å². The number of hydrogen-bond donors (Lipinski definition) is 1. The van der Waals surface area contributed by atoms with Gasteiger partial charge in [-0.3, -0.25) is 14.5 Å². The summed E-state index contributed by atoms with van der Waals surface area (Å²) in [4.78, 5) is 29.2. The van der Waals surface area contributed by atoms with Gasteiger partial charge >= 0.3 is 0 Å². The van der Waals surface area contributed by atoms with Crippen LogP contribution in [-0.4, -0.2) is 33.9 Å². The van der Waals surface area contributed by atoms with Crippen LogP contribution in [0, 0.1) is 18.6 Å². The lowest BCUT2D eigenvalue weighted by molar-refractivity contribution is -0.123. The van der Waals surface area contributed by atoms with E-state index >= 15 is 4.39 Å². The van der Waals surface area contributed by atoms with Crippen molar-refractivity contribution < 1.29 is 22.8 Å². The maximum Gasteiger partial charge on any atom is 0.240 e. The molecule has 0 unspecified atom stereocenters. The zero-order chi connectivity index (χ0) is 28.5. The number of anilines is 1. The molecule has 6 rings (SSSR count). The van der Waals surface area contributed by atoms with E-state index in [0.29, 0.717) is 28.5 Å². The molecule has 1 aliphatic rings. The number of benzene rings is 2. The molecule has 4 heterocycles. The maximum absolute atomic E-state index is 15.3.